The number of aromatic nitrogens is 1. The summed E-state index contributed by atoms with van der Waals surface area (Å²) < 4.78 is 0. The third-order valence-electron chi connectivity index (χ3n) is 4.01. The average molecular weight is 372 g/mol. The maximum Gasteiger partial charge on any atom is 0.207 e. The zero-order valence-corrected chi connectivity index (χ0v) is 15.8. The van der Waals surface area contributed by atoms with Gasteiger partial charge < -0.3 is 11.1 Å². The summed E-state index contributed by atoms with van der Waals surface area (Å²) in [5.74, 6) is 0.130. The van der Waals surface area contributed by atoms with Gasteiger partial charge in [0, 0.05) is 16.3 Å². The summed E-state index contributed by atoms with van der Waals surface area (Å²) in [5, 5.41) is 4.43. The van der Waals surface area contributed by atoms with E-state index in [9.17, 15) is 4.79 Å². The van der Waals surface area contributed by atoms with Crippen molar-refractivity contribution in [2.45, 2.75) is 20.8 Å². The zero-order valence-electron chi connectivity index (χ0n) is 14.2. The van der Waals surface area contributed by atoms with Crippen molar-refractivity contribution in [3.05, 3.63) is 68.6 Å². The Bertz CT molecular complexity index is 965. The van der Waals surface area contributed by atoms with Crippen molar-refractivity contribution >= 4 is 45.4 Å². The summed E-state index contributed by atoms with van der Waals surface area (Å²) in [6.45, 7) is 5.79. The van der Waals surface area contributed by atoms with Gasteiger partial charge in [-0.25, -0.2) is 4.98 Å². The summed E-state index contributed by atoms with van der Waals surface area (Å²) in [7, 11) is 0. The molecule has 0 fully saturated rings. The van der Waals surface area contributed by atoms with E-state index in [0.717, 1.165) is 22.4 Å². The number of carbonyl (C=O) groups is 1. The van der Waals surface area contributed by atoms with E-state index in [4.69, 9.17) is 17.3 Å². The highest BCUT2D eigenvalue weighted by atomic mass is 35.5. The Hall–Kier alpha value is -2.37. The molecule has 0 atom stereocenters. The number of nitrogens with one attached hydrogen (secondary N) is 1. The topological polar surface area (TPSA) is 68.0 Å². The number of ketones is 1. The molecule has 3 aromatic rings. The van der Waals surface area contributed by atoms with Gasteiger partial charge in [-0.3, -0.25) is 4.79 Å². The lowest BCUT2D eigenvalue weighted by Crippen LogP contribution is -2.05. The molecule has 0 aliphatic rings. The Morgan fingerprint density at radius 2 is 1.96 bits per heavy atom. The predicted molar refractivity (Wildman–Crippen MR) is 105 cm³/mol. The van der Waals surface area contributed by atoms with Crippen molar-refractivity contribution in [3.63, 3.8) is 0 Å². The first-order chi connectivity index (χ1) is 11.9. The predicted octanol–water partition coefficient (Wildman–Crippen LogP) is 5.28. The van der Waals surface area contributed by atoms with Crippen LogP contribution in [0, 0.1) is 20.8 Å². The zero-order chi connectivity index (χ0) is 18.1. The van der Waals surface area contributed by atoms with Gasteiger partial charge in [-0.1, -0.05) is 46.7 Å². The number of anilines is 3. The van der Waals surface area contributed by atoms with E-state index < -0.39 is 0 Å². The van der Waals surface area contributed by atoms with Crippen LogP contribution in [0.15, 0.2) is 36.4 Å². The van der Waals surface area contributed by atoms with E-state index in [0.29, 0.717) is 20.6 Å². The monoisotopic (exact) mass is 371 g/mol. The molecule has 0 saturated heterocycles. The van der Waals surface area contributed by atoms with Crippen LogP contribution in [0.4, 0.5) is 16.6 Å². The minimum absolute atomic E-state index is 0.105. The molecule has 1 heterocycles. The van der Waals surface area contributed by atoms with Gasteiger partial charge in [0.1, 0.15) is 10.7 Å². The molecule has 3 rings (SSSR count). The van der Waals surface area contributed by atoms with Crippen LogP contribution in [0.2, 0.25) is 5.02 Å². The summed E-state index contributed by atoms with van der Waals surface area (Å²) in [6, 6.07) is 11.4. The van der Waals surface area contributed by atoms with Gasteiger partial charge >= 0.3 is 0 Å². The molecule has 0 bridgehead atoms. The molecule has 2 aromatic carbocycles. The Balaban J connectivity index is 1.93. The maximum atomic E-state index is 12.9. The van der Waals surface area contributed by atoms with Crippen molar-refractivity contribution in [2.24, 2.45) is 0 Å². The number of nitrogens with two attached hydrogens (primary N) is 1. The summed E-state index contributed by atoms with van der Waals surface area (Å²) in [4.78, 5) is 17.6. The van der Waals surface area contributed by atoms with Crippen LogP contribution in [-0.4, -0.2) is 10.8 Å². The van der Waals surface area contributed by atoms with Crippen molar-refractivity contribution in [2.75, 3.05) is 11.1 Å². The van der Waals surface area contributed by atoms with Crippen molar-refractivity contribution in [3.8, 4) is 0 Å². The van der Waals surface area contributed by atoms with Crippen LogP contribution in [0.5, 0.6) is 0 Å². The van der Waals surface area contributed by atoms with Crippen LogP contribution >= 0.6 is 22.9 Å². The number of carbonyl (C=O) groups excluding carboxylic acids is 1. The number of aryl methyl sites for hydroxylation is 2. The van der Waals surface area contributed by atoms with Crippen molar-refractivity contribution in [1.29, 1.82) is 0 Å². The average Bonchev–Trinajstić information content (AvgIpc) is 2.94. The van der Waals surface area contributed by atoms with Crippen LogP contribution in [0.1, 0.15) is 31.9 Å². The molecule has 0 aliphatic carbocycles. The van der Waals surface area contributed by atoms with Crippen molar-refractivity contribution in [1.82, 2.24) is 4.98 Å². The molecule has 0 saturated carbocycles. The summed E-state index contributed by atoms with van der Waals surface area (Å²) in [6.07, 6.45) is 0. The molecule has 4 nitrogen and oxygen atoms in total. The molecule has 3 N–H and O–H groups in total. The Labute approximate surface area is 155 Å². The standard InChI is InChI=1S/C19H18ClN3OS/c1-10-7-8-11(2)13(9-10)16(24)17-18(21)23-19(25-17)22-15-6-4-5-14(20)12(15)3/h4-9H,21H2,1-3H3,(H,22,23). The van der Waals surface area contributed by atoms with Crippen LogP contribution in [0.3, 0.4) is 0 Å². The van der Waals surface area contributed by atoms with Crippen LogP contribution < -0.4 is 11.1 Å². The molecule has 0 radical (unpaired) electrons. The minimum atomic E-state index is -0.105. The molecule has 1 aromatic heterocycles. The van der Waals surface area contributed by atoms with E-state index >= 15 is 0 Å². The second-order valence-electron chi connectivity index (χ2n) is 5.92. The molecule has 25 heavy (non-hydrogen) atoms. The van der Waals surface area contributed by atoms with E-state index in [1.807, 2.05) is 57.2 Å². The number of thiazole rings is 1. The van der Waals surface area contributed by atoms with Gasteiger partial charge in [0.05, 0.1) is 0 Å². The van der Waals surface area contributed by atoms with Gasteiger partial charge in [0.2, 0.25) is 5.78 Å². The SMILES string of the molecule is Cc1ccc(C)c(C(=O)c2sc(Nc3cccc(Cl)c3C)nc2N)c1. The first kappa shape index (κ1) is 17.5. The fourth-order valence-corrected chi connectivity index (χ4v) is 3.53. The minimum Gasteiger partial charge on any atom is -0.382 e. The lowest BCUT2D eigenvalue weighted by Gasteiger charge is -2.07. The van der Waals surface area contributed by atoms with Crippen LogP contribution in [-0.2, 0) is 0 Å². The quantitative estimate of drug-likeness (QED) is 0.612. The largest absolute Gasteiger partial charge is 0.382 e. The van der Waals surface area contributed by atoms with Gasteiger partial charge in [-0.15, -0.1) is 0 Å². The van der Waals surface area contributed by atoms with Crippen molar-refractivity contribution < 1.29 is 4.79 Å². The third-order valence-corrected chi connectivity index (χ3v) is 5.40. The Morgan fingerprint density at radius 3 is 2.72 bits per heavy atom. The molecular weight excluding hydrogens is 354 g/mol. The fourth-order valence-electron chi connectivity index (χ4n) is 2.51. The molecule has 6 heteroatoms. The maximum absolute atomic E-state index is 12.9. The number of nitrogens with zero attached hydrogens (tertiary/aromatic N) is 1. The first-order valence-corrected chi connectivity index (χ1v) is 8.96. The second kappa shape index (κ2) is 6.86. The van der Waals surface area contributed by atoms with Gasteiger partial charge in [0.25, 0.3) is 0 Å². The first-order valence-electron chi connectivity index (χ1n) is 7.77. The number of nitrogen functional groups attached to an aromatic ring is 1. The lowest BCUT2D eigenvalue weighted by molar-refractivity contribution is 0.104. The molecule has 0 aliphatic heterocycles. The Kier molecular flexibility index (Phi) is 4.79. The van der Waals surface area contributed by atoms with Gasteiger partial charge in [-0.2, -0.15) is 0 Å². The number of benzene rings is 2. The molecular formula is C19H18ClN3OS. The number of hydrogen-bond acceptors (Lipinski definition) is 5. The fraction of sp³-hybridized carbons (Fsp3) is 0.158. The number of hydrogen-bond donors (Lipinski definition) is 2. The summed E-state index contributed by atoms with van der Waals surface area (Å²) in [5.41, 5.74) is 10.4. The molecule has 128 valence electrons. The highest BCUT2D eigenvalue weighted by Gasteiger charge is 2.20. The lowest BCUT2D eigenvalue weighted by atomic mass is 10.0. The normalized spacial score (nSPS) is 10.7. The molecule has 0 amide bonds. The smallest absolute Gasteiger partial charge is 0.207 e. The Morgan fingerprint density at radius 1 is 1.20 bits per heavy atom. The van der Waals surface area contributed by atoms with E-state index in [-0.39, 0.29) is 11.6 Å². The van der Waals surface area contributed by atoms with E-state index in [1.165, 1.54) is 11.3 Å². The van der Waals surface area contributed by atoms with Gasteiger partial charge in [0.15, 0.2) is 5.13 Å². The third kappa shape index (κ3) is 3.52. The molecule has 0 unspecified atom stereocenters. The highest BCUT2D eigenvalue weighted by molar-refractivity contribution is 7.18. The second-order valence-corrected chi connectivity index (χ2v) is 7.32. The van der Waals surface area contributed by atoms with Gasteiger partial charge in [-0.05, 0) is 50.1 Å². The van der Waals surface area contributed by atoms with E-state index in [2.05, 4.69) is 10.3 Å². The number of rotatable bonds is 4. The molecule has 0 spiro atoms. The number of halogens is 1. The summed E-state index contributed by atoms with van der Waals surface area (Å²) >= 11 is 7.39. The van der Waals surface area contributed by atoms with E-state index in [1.54, 1.807) is 0 Å². The van der Waals surface area contributed by atoms with Crippen LogP contribution in [0.25, 0.3) is 0 Å². The highest BCUT2D eigenvalue weighted by Crippen LogP contribution is 2.32.